The van der Waals surface area contributed by atoms with Crippen LogP contribution in [-0.2, 0) is 14.3 Å². The Labute approximate surface area is 119 Å². The van der Waals surface area contributed by atoms with Crippen molar-refractivity contribution in [2.24, 2.45) is 5.41 Å². The van der Waals surface area contributed by atoms with Gasteiger partial charge in [-0.25, -0.2) is 4.79 Å². The molecular formula is C13H24N2O5. The zero-order chi connectivity index (χ0) is 15.9. The Balaban J connectivity index is 4.80. The molecule has 1 atom stereocenters. The van der Waals surface area contributed by atoms with E-state index in [0.717, 1.165) is 0 Å². The number of hydrogen-bond acceptors (Lipinski definition) is 4. The van der Waals surface area contributed by atoms with Crippen molar-refractivity contribution in [3.05, 3.63) is 0 Å². The quantitative estimate of drug-likeness (QED) is 0.713. The number of nitrogens with zero attached hydrogens (tertiary/aromatic N) is 1. The molecule has 0 saturated carbocycles. The van der Waals surface area contributed by atoms with Gasteiger partial charge in [0, 0.05) is 12.6 Å². The molecule has 0 radical (unpaired) electrons. The van der Waals surface area contributed by atoms with E-state index in [4.69, 9.17) is 5.11 Å². The van der Waals surface area contributed by atoms with Crippen LogP contribution in [0.3, 0.4) is 0 Å². The second-order valence-corrected chi connectivity index (χ2v) is 5.56. The monoisotopic (exact) mass is 288 g/mol. The number of carboxylic acids is 1. The molecule has 0 aliphatic heterocycles. The van der Waals surface area contributed by atoms with Gasteiger partial charge < -0.3 is 20.1 Å². The maximum atomic E-state index is 12.1. The van der Waals surface area contributed by atoms with Crippen molar-refractivity contribution in [2.75, 3.05) is 20.2 Å². The van der Waals surface area contributed by atoms with E-state index in [-0.39, 0.29) is 13.0 Å². The van der Waals surface area contributed by atoms with Gasteiger partial charge in [-0.05, 0) is 12.3 Å². The molecule has 7 heteroatoms. The van der Waals surface area contributed by atoms with Crippen molar-refractivity contribution in [1.29, 1.82) is 0 Å². The summed E-state index contributed by atoms with van der Waals surface area (Å²) in [4.78, 5) is 35.4. The molecule has 0 aromatic heterocycles. The summed E-state index contributed by atoms with van der Waals surface area (Å²) in [6, 6.07) is -1.00. The molecular weight excluding hydrogens is 264 g/mol. The number of amides is 2. The Morgan fingerprint density at radius 2 is 1.85 bits per heavy atom. The van der Waals surface area contributed by atoms with Gasteiger partial charge in [0.15, 0.2) is 0 Å². The summed E-state index contributed by atoms with van der Waals surface area (Å²) >= 11 is 0. The van der Waals surface area contributed by atoms with Crippen molar-refractivity contribution in [1.82, 2.24) is 10.2 Å². The zero-order valence-corrected chi connectivity index (χ0v) is 12.7. The number of esters is 1. The Hall–Kier alpha value is -1.79. The summed E-state index contributed by atoms with van der Waals surface area (Å²) in [6.45, 7) is 7.42. The van der Waals surface area contributed by atoms with E-state index in [1.807, 2.05) is 20.8 Å². The molecule has 20 heavy (non-hydrogen) atoms. The SMILES string of the molecule is CCN(CC(=O)OC)C(=O)NC(CC(=O)O)C(C)(C)C. The smallest absolute Gasteiger partial charge is 0.325 e. The molecule has 2 N–H and O–H groups in total. The van der Waals surface area contributed by atoms with Crippen LogP contribution in [0.5, 0.6) is 0 Å². The van der Waals surface area contributed by atoms with E-state index in [0.29, 0.717) is 6.54 Å². The van der Waals surface area contributed by atoms with Gasteiger partial charge >= 0.3 is 18.0 Å². The molecule has 1 unspecified atom stereocenters. The normalized spacial score (nSPS) is 12.4. The minimum absolute atomic E-state index is 0.164. The lowest BCUT2D eigenvalue weighted by molar-refractivity contribution is -0.141. The number of carbonyl (C=O) groups excluding carboxylic acids is 2. The molecule has 0 rings (SSSR count). The van der Waals surface area contributed by atoms with E-state index < -0.39 is 29.4 Å². The van der Waals surface area contributed by atoms with Gasteiger partial charge in [0.1, 0.15) is 6.54 Å². The summed E-state index contributed by atoms with van der Waals surface area (Å²) in [5, 5.41) is 11.6. The van der Waals surface area contributed by atoms with Gasteiger partial charge in [0.25, 0.3) is 0 Å². The molecule has 0 aliphatic rings. The van der Waals surface area contributed by atoms with Crippen molar-refractivity contribution in [3.63, 3.8) is 0 Å². The first-order valence-corrected chi connectivity index (χ1v) is 6.45. The predicted octanol–water partition coefficient (Wildman–Crippen LogP) is 1.08. The number of urea groups is 1. The third-order valence-corrected chi connectivity index (χ3v) is 2.94. The fourth-order valence-electron chi connectivity index (χ4n) is 1.54. The molecule has 0 heterocycles. The van der Waals surface area contributed by atoms with Crippen LogP contribution in [0.15, 0.2) is 0 Å². The minimum atomic E-state index is -0.985. The predicted molar refractivity (Wildman–Crippen MR) is 73.3 cm³/mol. The van der Waals surface area contributed by atoms with E-state index in [1.54, 1.807) is 6.92 Å². The minimum Gasteiger partial charge on any atom is -0.481 e. The van der Waals surface area contributed by atoms with E-state index >= 15 is 0 Å². The van der Waals surface area contributed by atoms with E-state index in [1.165, 1.54) is 12.0 Å². The van der Waals surface area contributed by atoms with E-state index in [2.05, 4.69) is 10.1 Å². The molecule has 0 fully saturated rings. The maximum absolute atomic E-state index is 12.1. The molecule has 0 aromatic carbocycles. The highest BCUT2D eigenvalue weighted by Gasteiger charge is 2.30. The number of likely N-dealkylation sites (N-methyl/N-ethyl adjacent to an activating group) is 1. The van der Waals surface area contributed by atoms with Crippen LogP contribution < -0.4 is 5.32 Å². The van der Waals surface area contributed by atoms with Crippen LogP contribution in [-0.4, -0.2) is 54.2 Å². The standard InChI is InChI=1S/C13H24N2O5/c1-6-15(8-11(18)20-5)12(19)14-9(7-10(16)17)13(2,3)4/h9H,6-8H2,1-5H3,(H,14,19)(H,16,17). The highest BCUT2D eigenvalue weighted by molar-refractivity contribution is 5.81. The fourth-order valence-corrected chi connectivity index (χ4v) is 1.54. The van der Waals surface area contributed by atoms with Gasteiger partial charge in [0.05, 0.1) is 13.5 Å². The lowest BCUT2D eigenvalue weighted by atomic mass is 9.85. The number of carboxylic acid groups (broad SMARTS) is 1. The van der Waals surface area contributed by atoms with Crippen LogP contribution >= 0.6 is 0 Å². The Bertz CT molecular complexity index is 362. The summed E-state index contributed by atoms with van der Waals surface area (Å²) in [6.07, 6.45) is -0.176. The number of methoxy groups -OCH3 is 1. The van der Waals surface area contributed by atoms with Crippen LogP contribution in [0, 0.1) is 5.41 Å². The van der Waals surface area contributed by atoms with Crippen molar-refractivity contribution in [3.8, 4) is 0 Å². The average molecular weight is 288 g/mol. The average Bonchev–Trinajstić information content (AvgIpc) is 2.32. The highest BCUT2D eigenvalue weighted by atomic mass is 16.5. The van der Waals surface area contributed by atoms with Crippen molar-refractivity contribution < 1.29 is 24.2 Å². The maximum Gasteiger partial charge on any atom is 0.325 e. The van der Waals surface area contributed by atoms with Crippen LogP contribution in [0.4, 0.5) is 4.79 Å². The second-order valence-electron chi connectivity index (χ2n) is 5.56. The van der Waals surface area contributed by atoms with Crippen molar-refractivity contribution in [2.45, 2.75) is 40.2 Å². The lowest BCUT2D eigenvalue weighted by Gasteiger charge is -2.32. The highest BCUT2D eigenvalue weighted by Crippen LogP contribution is 2.22. The topological polar surface area (TPSA) is 95.9 Å². The number of ether oxygens (including phenoxy) is 1. The van der Waals surface area contributed by atoms with Gasteiger partial charge in [-0.15, -0.1) is 0 Å². The molecule has 116 valence electrons. The molecule has 0 aromatic rings. The van der Waals surface area contributed by atoms with Gasteiger partial charge in [-0.3, -0.25) is 9.59 Å². The van der Waals surface area contributed by atoms with Gasteiger partial charge in [-0.1, -0.05) is 20.8 Å². The lowest BCUT2D eigenvalue weighted by Crippen LogP contribution is -2.51. The van der Waals surface area contributed by atoms with Crippen LogP contribution in [0.25, 0.3) is 0 Å². The first kappa shape index (κ1) is 18.2. The van der Waals surface area contributed by atoms with Gasteiger partial charge in [0.2, 0.25) is 0 Å². The molecule has 0 saturated heterocycles. The Kier molecular flexibility index (Phi) is 7.02. The summed E-state index contributed by atoms with van der Waals surface area (Å²) in [7, 11) is 1.25. The Morgan fingerprint density at radius 1 is 1.30 bits per heavy atom. The summed E-state index contributed by atoms with van der Waals surface area (Å²) in [5.41, 5.74) is -0.404. The third-order valence-electron chi connectivity index (χ3n) is 2.94. The molecule has 0 aliphatic carbocycles. The third kappa shape index (κ3) is 6.40. The number of carbonyl (C=O) groups is 3. The van der Waals surface area contributed by atoms with Gasteiger partial charge in [-0.2, -0.15) is 0 Å². The fraction of sp³-hybridized carbons (Fsp3) is 0.769. The molecule has 2 amide bonds. The molecule has 0 spiro atoms. The van der Waals surface area contributed by atoms with Crippen LogP contribution in [0.1, 0.15) is 34.1 Å². The summed E-state index contributed by atoms with van der Waals surface area (Å²) in [5.74, 6) is -1.51. The molecule has 0 bridgehead atoms. The number of aliphatic carboxylic acids is 1. The summed E-state index contributed by atoms with van der Waals surface area (Å²) < 4.78 is 4.51. The van der Waals surface area contributed by atoms with Crippen molar-refractivity contribution >= 4 is 18.0 Å². The first-order valence-electron chi connectivity index (χ1n) is 6.45. The first-order chi connectivity index (χ1) is 9.11. The number of rotatable bonds is 6. The molecule has 7 nitrogen and oxygen atoms in total. The largest absolute Gasteiger partial charge is 0.481 e. The number of hydrogen-bond donors (Lipinski definition) is 2. The second kappa shape index (κ2) is 7.72. The Morgan fingerprint density at radius 3 is 2.20 bits per heavy atom. The zero-order valence-electron chi connectivity index (χ0n) is 12.7. The van der Waals surface area contributed by atoms with E-state index in [9.17, 15) is 14.4 Å². The number of nitrogens with one attached hydrogen (secondary N) is 1. The van der Waals surface area contributed by atoms with Crippen LogP contribution in [0.2, 0.25) is 0 Å².